The second-order valence-electron chi connectivity index (χ2n) is 5.20. The van der Waals surface area contributed by atoms with Gasteiger partial charge >= 0.3 is 0 Å². The van der Waals surface area contributed by atoms with Crippen molar-refractivity contribution in [1.29, 1.82) is 0 Å². The maximum absolute atomic E-state index is 13.4. The summed E-state index contributed by atoms with van der Waals surface area (Å²) in [5.41, 5.74) is 1.38. The van der Waals surface area contributed by atoms with E-state index in [0.29, 0.717) is 23.4 Å². The number of H-pyrrole nitrogens is 1. The first kappa shape index (κ1) is 14.3. The molecule has 0 unspecified atom stereocenters. The first-order chi connectivity index (χ1) is 10.1. The minimum atomic E-state index is -0.252. The van der Waals surface area contributed by atoms with Crippen LogP contribution < -0.4 is 10.9 Å². The molecule has 0 radical (unpaired) electrons. The van der Waals surface area contributed by atoms with Gasteiger partial charge in [-0.15, -0.1) is 0 Å². The highest BCUT2D eigenvalue weighted by molar-refractivity contribution is 7.99. The largest absolute Gasteiger partial charge is 0.310 e. The van der Waals surface area contributed by atoms with Crippen molar-refractivity contribution in [3.05, 3.63) is 51.7 Å². The van der Waals surface area contributed by atoms with E-state index in [0.717, 1.165) is 10.5 Å². The fourth-order valence-electron chi connectivity index (χ4n) is 2.03. The van der Waals surface area contributed by atoms with Crippen molar-refractivity contribution in [2.75, 3.05) is 0 Å². The summed E-state index contributed by atoms with van der Waals surface area (Å²) in [6.07, 6.45) is 2.37. The molecule has 4 nitrogen and oxygen atoms in total. The number of hydrogen-bond acceptors (Lipinski definition) is 4. The maximum atomic E-state index is 13.4. The van der Waals surface area contributed by atoms with Gasteiger partial charge < -0.3 is 10.3 Å². The van der Waals surface area contributed by atoms with Crippen molar-refractivity contribution in [2.45, 2.75) is 42.4 Å². The number of hydrogen-bond donors (Lipinski definition) is 2. The molecule has 2 aromatic rings. The predicted octanol–water partition coefficient (Wildman–Crippen LogP) is 2.62. The Bertz CT molecular complexity index is 712. The van der Waals surface area contributed by atoms with Crippen LogP contribution in [0.5, 0.6) is 0 Å². The number of rotatable bonds is 5. The molecule has 110 valence electrons. The lowest BCUT2D eigenvalue weighted by Gasteiger charge is -2.10. The van der Waals surface area contributed by atoms with Crippen LogP contribution in [0.4, 0.5) is 4.39 Å². The molecule has 3 rings (SSSR count). The summed E-state index contributed by atoms with van der Waals surface area (Å²) in [4.78, 5) is 19.4. The first-order valence-electron chi connectivity index (χ1n) is 6.88. The molecule has 1 aromatic carbocycles. The number of aromatic nitrogens is 2. The van der Waals surface area contributed by atoms with Gasteiger partial charge in [0.1, 0.15) is 5.82 Å². The summed E-state index contributed by atoms with van der Waals surface area (Å²) < 4.78 is 13.4. The van der Waals surface area contributed by atoms with Gasteiger partial charge in [-0.05, 0) is 43.5 Å². The van der Waals surface area contributed by atoms with Crippen molar-refractivity contribution >= 4 is 11.8 Å². The molecule has 1 fully saturated rings. The van der Waals surface area contributed by atoms with Gasteiger partial charge in [0.05, 0.1) is 0 Å². The minimum Gasteiger partial charge on any atom is -0.310 e. The molecule has 1 aliphatic rings. The highest BCUT2D eigenvalue weighted by atomic mass is 32.2. The van der Waals surface area contributed by atoms with Crippen LogP contribution in [0.25, 0.3) is 0 Å². The van der Waals surface area contributed by atoms with Crippen molar-refractivity contribution in [3.8, 4) is 0 Å². The molecular weight excluding hydrogens is 289 g/mol. The fourth-order valence-corrected chi connectivity index (χ4v) is 2.98. The van der Waals surface area contributed by atoms with Crippen molar-refractivity contribution in [2.24, 2.45) is 0 Å². The molecule has 1 aliphatic carbocycles. The van der Waals surface area contributed by atoms with Crippen LogP contribution in [-0.4, -0.2) is 16.0 Å². The lowest BCUT2D eigenvalue weighted by Crippen LogP contribution is -2.16. The SMILES string of the molecule is Cc1cc(=O)[nH]c(Sc2ccc(F)cc2CNC2CC2)n1. The van der Waals surface area contributed by atoms with Crippen LogP contribution in [-0.2, 0) is 6.54 Å². The summed E-state index contributed by atoms with van der Waals surface area (Å²) in [6.45, 7) is 2.40. The zero-order chi connectivity index (χ0) is 14.8. The lowest BCUT2D eigenvalue weighted by atomic mass is 10.2. The number of benzene rings is 1. The third-order valence-electron chi connectivity index (χ3n) is 3.24. The highest BCUT2D eigenvalue weighted by Gasteiger charge is 2.20. The summed E-state index contributed by atoms with van der Waals surface area (Å²) in [5.74, 6) is -0.252. The average molecular weight is 305 g/mol. The van der Waals surface area contributed by atoms with Gasteiger partial charge in [-0.3, -0.25) is 4.79 Å². The van der Waals surface area contributed by atoms with Crippen molar-refractivity contribution < 1.29 is 4.39 Å². The van der Waals surface area contributed by atoms with Gasteiger partial charge in [-0.1, -0.05) is 11.8 Å². The molecule has 6 heteroatoms. The molecule has 0 atom stereocenters. The Kier molecular flexibility index (Phi) is 4.07. The predicted molar refractivity (Wildman–Crippen MR) is 80.0 cm³/mol. The Morgan fingerprint density at radius 1 is 1.43 bits per heavy atom. The van der Waals surface area contributed by atoms with Gasteiger partial charge in [0, 0.05) is 29.2 Å². The maximum Gasteiger partial charge on any atom is 0.251 e. The van der Waals surface area contributed by atoms with E-state index in [4.69, 9.17) is 0 Å². The van der Waals surface area contributed by atoms with Crippen LogP contribution in [0.3, 0.4) is 0 Å². The van der Waals surface area contributed by atoms with Crippen LogP contribution in [0, 0.1) is 12.7 Å². The van der Waals surface area contributed by atoms with Crippen molar-refractivity contribution in [3.63, 3.8) is 0 Å². The van der Waals surface area contributed by atoms with E-state index in [1.807, 2.05) is 0 Å². The zero-order valence-corrected chi connectivity index (χ0v) is 12.5. The van der Waals surface area contributed by atoms with Gasteiger partial charge in [0.2, 0.25) is 0 Å². The highest BCUT2D eigenvalue weighted by Crippen LogP contribution is 2.29. The number of aryl methyl sites for hydroxylation is 1. The molecule has 0 bridgehead atoms. The Labute approximate surface area is 126 Å². The molecule has 0 spiro atoms. The number of nitrogens with one attached hydrogen (secondary N) is 2. The normalized spacial score (nSPS) is 14.4. The van der Waals surface area contributed by atoms with E-state index in [-0.39, 0.29) is 11.4 Å². The Morgan fingerprint density at radius 3 is 2.95 bits per heavy atom. The smallest absolute Gasteiger partial charge is 0.251 e. The molecule has 1 saturated carbocycles. The summed E-state index contributed by atoms with van der Waals surface area (Å²) in [7, 11) is 0. The van der Waals surface area contributed by atoms with Crippen LogP contribution in [0.15, 0.2) is 39.1 Å². The molecule has 1 aromatic heterocycles. The van der Waals surface area contributed by atoms with Gasteiger partial charge in [0.25, 0.3) is 5.56 Å². The summed E-state index contributed by atoms with van der Waals surface area (Å²) in [6, 6.07) is 6.70. The molecule has 1 heterocycles. The number of halogens is 1. The molecule has 0 amide bonds. The summed E-state index contributed by atoms with van der Waals surface area (Å²) >= 11 is 1.35. The Balaban J connectivity index is 1.84. The van der Waals surface area contributed by atoms with Crippen molar-refractivity contribution in [1.82, 2.24) is 15.3 Å². The van der Waals surface area contributed by atoms with E-state index >= 15 is 0 Å². The molecule has 21 heavy (non-hydrogen) atoms. The van der Waals surface area contributed by atoms with Gasteiger partial charge in [-0.2, -0.15) is 0 Å². The fraction of sp³-hybridized carbons (Fsp3) is 0.333. The van der Waals surface area contributed by atoms with Crippen LogP contribution >= 0.6 is 11.8 Å². The summed E-state index contributed by atoms with van der Waals surface area (Å²) in [5, 5.41) is 3.90. The molecule has 0 saturated heterocycles. The second kappa shape index (κ2) is 5.99. The minimum absolute atomic E-state index is 0.176. The zero-order valence-electron chi connectivity index (χ0n) is 11.6. The topological polar surface area (TPSA) is 57.8 Å². The third kappa shape index (κ3) is 3.92. The van der Waals surface area contributed by atoms with E-state index < -0.39 is 0 Å². The Morgan fingerprint density at radius 2 is 2.24 bits per heavy atom. The standard InChI is InChI=1S/C15H16FN3OS/c1-9-6-14(20)19-15(18-9)21-13-5-2-11(16)7-10(13)8-17-12-3-4-12/h2,5-7,12,17H,3-4,8H2,1H3,(H,18,19,20). The van der Waals surface area contributed by atoms with E-state index in [1.54, 1.807) is 13.0 Å². The molecule has 0 aliphatic heterocycles. The molecular formula is C15H16FN3OS. The first-order valence-corrected chi connectivity index (χ1v) is 7.69. The molecule has 2 N–H and O–H groups in total. The lowest BCUT2D eigenvalue weighted by molar-refractivity contribution is 0.616. The van der Waals surface area contributed by atoms with Crippen LogP contribution in [0.1, 0.15) is 24.1 Å². The Hall–Kier alpha value is -1.66. The van der Waals surface area contributed by atoms with Crippen LogP contribution in [0.2, 0.25) is 0 Å². The number of nitrogens with zero attached hydrogens (tertiary/aromatic N) is 1. The van der Waals surface area contributed by atoms with E-state index in [2.05, 4.69) is 15.3 Å². The quantitative estimate of drug-likeness (QED) is 0.834. The number of aromatic amines is 1. The van der Waals surface area contributed by atoms with E-state index in [1.165, 1.54) is 42.8 Å². The third-order valence-corrected chi connectivity index (χ3v) is 4.24. The van der Waals surface area contributed by atoms with Gasteiger partial charge in [-0.25, -0.2) is 9.37 Å². The van der Waals surface area contributed by atoms with Gasteiger partial charge in [0.15, 0.2) is 5.16 Å². The average Bonchev–Trinajstić information content (AvgIpc) is 3.22. The van der Waals surface area contributed by atoms with E-state index in [9.17, 15) is 9.18 Å². The second-order valence-corrected chi connectivity index (χ2v) is 6.23. The monoisotopic (exact) mass is 305 g/mol.